The maximum absolute atomic E-state index is 12.5. The molecule has 3 rings (SSSR count). The summed E-state index contributed by atoms with van der Waals surface area (Å²) in [4.78, 5) is 0.151. The van der Waals surface area contributed by atoms with Gasteiger partial charge in [-0.3, -0.25) is 0 Å². The van der Waals surface area contributed by atoms with Crippen molar-refractivity contribution in [3.05, 3.63) is 18.2 Å². The van der Waals surface area contributed by atoms with Crippen LogP contribution in [0.2, 0.25) is 0 Å². The number of hydrogen-bond acceptors (Lipinski definition) is 5. The number of benzene rings is 1. The Kier molecular flexibility index (Phi) is 3.38. The third-order valence-electron chi connectivity index (χ3n) is 4.23. The number of sulfonamides is 1. The number of ether oxygens (including phenoxy) is 2. The maximum Gasteiger partial charge on any atom is 0.243 e. The predicted octanol–water partition coefficient (Wildman–Crippen LogP) is 0.849. The maximum atomic E-state index is 12.5. The second-order valence-electron chi connectivity index (χ2n) is 5.67. The van der Waals surface area contributed by atoms with Gasteiger partial charge in [-0.1, -0.05) is 0 Å². The summed E-state index contributed by atoms with van der Waals surface area (Å²) >= 11 is 0. The summed E-state index contributed by atoms with van der Waals surface area (Å²) in [6.45, 7) is 0.350. The minimum atomic E-state index is -3.60. The normalized spacial score (nSPS) is 21.7. The van der Waals surface area contributed by atoms with Crippen molar-refractivity contribution >= 4 is 10.0 Å². The quantitative estimate of drug-likeness (QED) is 0.872. The average molecular weight is 313 g/mol. The van der Waals surface area contributed by atoms with Crippen LogP contribution in [0.15, 0.2) is 23.1 Å². The number of β-amino-alcohol motifs (C(OH)–C–C–N with tert-alkyl or cyclic N) is 1. The van der Waals surface area contributed by atoms with Gasteiger partial charge in [-0.15, -0.1) is 0 Å². The lowest BCUT2D eigenvalue weighted by Crippen LogP contribution is -2.64. The molecular weight excluding hydrogens is 294 g/mol. The smallest absolute Gasteiger partial charge is 0.243 e. The molecule has 2 aliphatic rings. The van der Waals surface area contributed by atoms with E-state index < -0.39 is 15.6 Å². The molecule has 0 bridgehead atoms. The number of aliphatic hydroxyl groups is 1. The van der Waals surface area contributed by atoms with Crippen LogP contribution in [0.1, 0.15) is 12.8 Å². The molecule has 21 heavy (non-hydrogen) atoms. The fraction of sp³-hybridized carbons (Fsp3) is 0.571. The molecule has 1 aromatic carbocycles. The van der Waals surface area contributed by atoms with Crippen molar-refractivity contribution in [3.63, 3.8) is 0 Å². The van der Waals surface area contributed by atoms with E-state index in [1.54, 1.807) is 6.07 Å². The van der Waals surface area contributed by atoms with Gasteiger partial charge in [0.15, 0.2) is 11.5 Å². The first-order chi connectivity index (χ1) is 9.90. The van der Waals surface area contributed by atoms with Gasteiger partial charge in [-0.05, 0) is 30.9 Å². The van der Waals surface area contributed by atoms with E-state index in [9.17, 15) is 13.5 Å². The van der Waals surface area contributed by atoms with Gasteiger partial charge in [0.05, 0.1) is 24.7 Å². The van der Waals surface area contributed by atoms with Crippen molar-refractivity contribution < 1.29 is 23.0 Å². The van der Waals surface area contributed by atoms with E-state index >= 15 is 0 Å². The van der Waals surface area contributed by atoms with Crippen LogP contribution in [0.5, 0.6) is 11.5 Å². The average Bonchev–Trinajstić information content (AvgIpc) is 3.27. The zero-order chi connectivity index (χ0) is 15.3. The van der Waals surface area contributed by atoms with E-state index in [-0.39, 0.29) is 23.9 Å². The second-order valence-corrected chi connectivity index (χ2v) is 7.61. The van der Waals surface area contributed by atoms with E-state index in [1.165, 1.54) is 30.7 Å². The minimum Gasteiger partial charge on any atom is -0.493 e. The molecule has 1 aliphatic heterocycles. The lowest BCUT2D eigenvalue weighted by atomic mass is 9.91. The Balaban J connectivity index is 1.82. The van der Waals surface area contributed by atoms with Gasteiger partial charge in [-0.25, -0.2) is 8.42 Å². The van der Waals surface area contributed by atoms with Gasteiger partial charge < -0.3 is 14.6 Å². The topological polar surface area (TPSA) is 76.1 Å². The Bertz CT molecular complexity index is 647. The summed E-state index contributed by atoms with van der Waals surface area (Å²) in [5.74, 6) is 1.11. The molecule has 1 saturated carbocycles. The summed E-state index contributed by atoms with van der Waals surface area (Å²) in [6, 6.07) is 4.51. The molecule has 1 aromatic rings. The third-order valence-corrected chi connectivity index (χ3v) is 6.02. The highest BCUT2D eigenvalue weighted by atomic mass is 32.2. The fourth-order valence-corrected chi connectivity index (χ4v) is 4.32. The molecule has 0 amide bonds. The van der Waals surface area contributed by atoms with Crippen LogP contribution >= 0.6 is 0 Å². The highest BCUT2D eigenvalue weighted by molar-refractivity contribution is 7.89. The van der Waals surface area contributed by atoms with Crippen LogP contribution in [-0.2, 0) is 10.0 Å². The molecule has 1 aliphatic carbocycles. The van der Waals surface area contributed by atoms with Crippen molar-refractivity contribution in [2.45, 2.75) is 23.3 Å². The highest BCUT2D eigenvalue weighted by Crippen LogP contribution is 2.46. The Morgan fingerprint density at radius 3 is 2.33 bits per heavy atom. The number of hydrogen-bond donors (Lipinski definition) is 1. The van der Waals surface area contributed by atoms with Crippen LogP contribution < -0.4 is 9.47 Å². The lowest BCUT2D eigenvalue weighted by Gasteiger charge is -2.45. The van der Waals surface area contributed by atoms with Crippen LogP contribution in [0.25, 0.3) is 0 Å². The summed E-state index contributed by atoms with van der Waals surface area (Å²) < 4.78 is 36.6. The minimum absolute atomic E-state index is 0.151. The Morgan fingerprint density at radius 2 is 1.81 bits per heavy atom. The number of rotatable bonds is 5. The SMILES string of the molecule is COc1ccc(S(=O)(=O)N2CC(O)(C3CC3)C2)cc1OC. The number of nitrogens with zero attached hydrogens (tertiary/aromatic N) is 1. The monoisotopic (exact) mass is 313 g/mol. The summed E-state index contributed by atoms with van der Waals surface area (Å²) in [6.07, 6.45) is 1.97. The largest absolute Gasteiger partial charge is 0.493 e. The summed E-state index contributed by atoms with van der Waals surface area (Å²) in [7, 11) is -0.640. The summed E-state index contributed by atoms with van der Waals surface area (Å²) in [5, 5.41) is 10.3. The van der Waals surface area contributed by atoms with Gasteiger partial charge in [0.1, 0.15) is 0 Å². The first-order valence-electron chi connectivity index (χ1n) is 6.85. The van der Waals surface area contributed by atoms with Crippen molar-refractivity contribution in [2.24, 2.45) is 5.92 Å². The molecule has 0 aromatic heterocycles. The fourth-order valence-electron chi connectivity index (χ4n) is 2.74. The van der Waals surface area contributed by atoms with Crippen LogP contribution in [0, 0.1) is 5.92 Å². The van der Waals surface area contributed by atoms with Crippen LogP contribution in [0.4, 0.5) is 0 Å². The van der Waals surface area contributed by atoms with Crippen molar-refractivity contribution in [2.75, 3.05) is 27.3 Å². The van der Waals surface area contributed by atoms with Crippen molar-refractivity contribution in [1.29, 1.82) is 0 Å². The van der Waals surface area contributed by atoms with Gasteiger partial charge in [0.2, 0.25) is 10.0 Å². The second kappa shape index (κ2) is 4.86. The summed E-state index contributed by atoms with van der Waals surface area (Å²) in [5.41, 5.74) is -0.830. The molecule has 0 atom stereocenters. The molecular formula is C14H19NO5S. The van der Waals surface area contributed by atoms with E-state index in [1.807, 2.05) is 0 Å². The molecule has 0 spiro atoms. The molecule has 0 unspecified atom stereocenters. The molecule has 116 valence electrons. The van der Waals surface area contributed by atoms with Gasteiger partial charge >= 0.3 is 0 Å². The third kappa shape index (κ3) is 2.39. The van der Waals surface area contributed by atoms with Crippen LogP contribution in [0.3, 0.4) is 0 Å². The van der Waals surface area contributed by atoms with Gasteiger partial charge in [0, 0.05) is 19.2 Å². The molecule has 7 heteroatoms. The molecule has 1 heterocycles. The molecule has 1 saturated heterocycles. The number of methoxy groups -OCH3 is 2. The van der Waals surface area contributed by atoms with Crippen molar-refractivity contribution in [1.82, 2.24) is 4.31 Å². The Morgan fingerprint density at radius 1 is 1.19 bits per heavy atom. The first kappa shape index (κ1) is 14.6. The van der Waals surface area contributed by atoms with Crippen molar-refractivity contribution in [3.8, 4) is 11.5 Å². The molecule has 0 radical (unpaired) electrons. The first-order valence-corrected chi connectivity index (χ1v) is 8.29. The molecule has 1 N–H and O–H groups in total. The van der Waals surface area contributed by atoms with Gasteiger partial charge in [-0.2, -0.15) is 4.31 Å². The van der Waals surface area contributed by atoms with Crippen LogP contribution in [-0.4, -0.2) is 50.7 Å². The van der Waals surface area contributed by atoms with E-state index in [0.717, 1.165) is 12.8 Å². The molecule has 6 nitrogen and oxygen atoms in total. The van der Waals surface area contributed by atoms with E-state index in [0.29, 0.717) is 11.5 Å². The van der Waals surface area contributed by atoms with Gasteiger partial charge in [0.25, 0.3) is 0 Å². The predicted molar refractivity (Wildman–Crippen MR) is 76.0 cm³/mol. The standard InChI is InChI=1S/C14H19NO5S/c1-19-12-6-5-11(7-13(12)20-2)21(17,18)15-8-14(16,9-15)10-3-4-10/h5-7,10,16H,3-4,8-9H2,1-2H3. The lowest BCUT2D eigenvalue weighted by molar-refractivity contribution is -0.0764. The Labute approximate surface area is 124 Å². The molecule has 2 fully saturated rings. The van der Waals surface area contributed by atoms with E-state index in [2.05, 4.69) is 0 Å². The Hall–Kier alpha value is -1.31. The highest BCUT2D eigenvalue weighted by Gasteiger charge is 2.55. The zero-order valence-corrected chi connectivity index (χ0v) is 12.9. The van der Waals surface area contributed by atoms with E-state index in [4.69, 9.17) is 9.47 Å². The zero-order valence-electron chi connectivity index (χ0n) is 12.1.